The predicted molar refractivity (Wildman–Crippen MR) is 60.0 cm³/mol. The number of nitrogens with one attached hydrogen (secondary N) is 1. The zero-order valence-electron chi connectivity index (χ0n) is 7.90. The van der Waals surface area contributed by atoms with Crippen LogP contribution in [0.25, 0.3) is 17.0 Å². The van der Waals surface area contributed by atoms with Gasteiger partial charge in [-0.3, -0.25) is 0 Å². The topological polar surface area (TPSA) is 49.9 Å². The van der Waals surface area contributed by atoms with Gasteiger partial charge in [0.25, 0.3) is 0 Å². The van der Waals surface area contributed by atoms with E-state index in [1.807, 2.05) is 24.3 Å². The van der Waals surface area contributed by atoms with Crippen LogP contribution in [0.1, 0.15) is 11.3 Å². The fourth-order valence-corrected chi connectivity index (χ4v) is 3.01. The van der Waals surface area contributed by atoms with Crippen LogP contribution in [0.2, 0.25) is 0 Å². The van der Waals surface area contributed by atoms with E-state index in [0.29, 0.717) is 0 Å². The van der Waals surface area contributed by atoms with Crippen molar-refractivity contribution in [3.63, 3.8) is 0 Å². The van der Waals surface area contributed by atoms with E-state index in [4.69, 9.17) is 0 Å². The first kappa shape index (κ1) is 8.73. The van der Waals surface area contributed by atoms with Crippen molar-refractivity contribution in [1.29, 1.82) is 0 Å². The Morgan fingerprint density at radius 1 is 1.20 bits per heavy atom. The fraction of sp³-hybridized carbons (Fsp3) is 0.0909. The summed E-state index contributed by atoms with van der Waals surface area (Å²) in [7, 11) is -3.06. The molecule has 1 N–H and O–H groups in total. The maximum atomic E-state index is 11.4. The maximum Gasteiger partial charge on any atom is 0.177 e. The summed E-state index contributed by atoms with van der Waals surface area (Å²) in [4.78, 5) is 3.14. The third-order valence-electron chi connectivity index (χ3n) is 2.62. The molecule has 1 aliphatic rings. The SMILES string of the molecule is O=S1(=O)C=Cc2c([nH]c3ccccc23)C1. The van der Waals surface area contributed by atoms with Crippen molar-refractivity contribution in [2.75, 3.05) is 0 Å². The van der Waals surface area contributed by atoms with Crippen LogP contribution < -0.4 is 0 Å². The van der Waals surface area contributed by atoms with Crippen LogP contribution >= 0.6 is 0 Å². The molecule has 2 heterocycles. The molecule has 1 aromatic heterocycles. The molecule has 0 radical (unpaired) electrons. The molecule has 2 aromatic rings. The average Bonchev–Trinajstić information content (AvgIpc) is 2.52. The third kappa shape index (κ3) is 1.29. The van der Waals surface area contributed by atoms with Crippen LogP contribution in [-0.4, -0.2) is 13.4 Å². The Bertz CT molecular complexity index is 665. The van der Waals surface area contributed by atoms with Crippen LogP contribution in [0.15, 0.2) is 29.7 Å². The van der Waals surface area contributed by atoms with E-state index in [0.717, 1.165) is 22.2 Å². The summed E-state index contributed by atoms with van der Waals surface area (Å²) in [5, 5.41) is 2.37. The van der Waals surface area contributed by atoms with Crippen molar-refractivity contribution >= 4 is 26.8 Å². The summed E-state index contributed by atoms with van der Waals surface area (Å²) in [6.45, 7) is 0. The quantitative estimate of drug-likeness (QED) is 0.737. The highest BCUT2D eigenvalue weighted by molar-refractivity contribution is 7.93. The Kier molecular flexibility index (Phi) is 1.59. The second kappa shape index (κ2) is 2.73. The van der Waals surface area contributed by atoms with Gasteiger partial charge < -0.3 is 4.98 Å². The Morgan fingerprint density at radius 3 is 2.87 bits per heavy atom. The van der Waals surface area contributed by atoms with Gasteiger partial charge in [-0.2, -0.15) is 0 Å². The summed E-state index contributed by atoms with van der Waals surface area (Å²) in [5.41, 5.74) is 2.78. The number of aromatic amines is 1. The lowest BCUT2D eigenvalue weighted by Crippen LogP contribution is -2.05. The molecular formula is C11H9NO2S. The van der Waals surface area contributed by atoms with E-state index in [-0.39, 0.29) is 5.75 Å². The van der Waals surface area contributed by atoms with Gasteiger partial charge in [0.15, 0.2) is 9.84 Å². The van der Waals surface area contributed by atoms with Gasteiger partial charge in [0.05, 0.1) is 5.75 Å². The van der Waals surface area contributed by atoms with E-state index < -0.39 is 9.84 Å². The Balaban J connectivity index is 2.37. The van der Waals surface area contributed by atoms with Gasteiger partial charge in [-0.05, 0) is 12.1 Å². The van der Waals surface area contributed by atoms with Crippen molar-refractivity contribution in [1.82, 2.24) is 4.98 Å². The molecule has 3 rings (SSSR count). The Labute approximate surface area is 87.3 Å². The summed E-state index contributed by atoms with van der Waals surface area (Å²) < 4.78 is 22.8. The number of rotatable bonds is 0. The van der Waals surface area contributed by atoms with E-state index >= 15 is 0 Å². The molecule has 15 heavy (non-hydrogen) atoms. The molecule has 1 aliphatic heterocycles. The molecule has 76 valence electrons. The minimum atomic E-state index is -3.06. The summed E-state index contributed by atoms with van der Waals surface area (Å²) >= 11 is 0. The summed E-state index contributed by atoms with van der Waals surface area (Å²) in [6.07, 6.45) is 1.67. The Hall–Kier alpha value is -1.55. The minimum absolute atomic E-state index is 0.0769. The number of hydrogen-bond acceptors (Lipinski definition) is 2. The number of para-hydroxylation sites is 1. The van der Waals surface area contributed by atoms with Gasteiger partial charge in [-0.25, -0.2) is 8.42 Å². The first-order valence-corrected chi connectivity index (χ1v) is 6.38. The lowest BCUT2D eigenvalue weighted by Gasteiger charge is -2.04. The van der Waals surface area contributed by atoms with Crippen molar-refractivity contribution in [3.8, 4) is 0 Å². The average molecular weight is 219 g/mol. The van der Waals surface area contributed by atoms with E-state index in [1.165, 1.54) is 5.41 Å². The van der Waals surface area contributed by atoms with Crippen molar-refractivity contribution in [2.24, 2.45) is 0 Å². The van der Waals surface area contributed by atoms with E-state index in [1.54, 1.807) is 6.08 Å². The van der Waals surface area contributed by atoms with Gasteiger partial charge >= 0.3 is 0 Å². The van der Waals surface area contributed by atoms with Gasteiger partial charge in [-0.15, -0.1) is 0 Å². The number of fused-ring (bicyclic) bond motifs is 3. The first-order valence-electron chi connectivity index (χ1n) is 4.66. The van der Waals surface area contributed by atoms with Crippen molar-refractivity contribution < 1.29 is 8.42 Å². The lowest BCUT2D eigenvalue weighted by molar-refractivity contribution is 0.603. The standard InChI is InChI=1S/C11H9NO2S/c13-15(14)6-5-9-8-3-1-2-4-10(8)12-11(9)7-15/h1-6,12H,7H2. The summed E-state index contributed by atoms with van der Waals surface area (Å²) in [5.74, 6) is 0.0769. The second-order valence-corrected chi connectivity index (χ2v) is 5.56. The molecule has 0 atom stereocenters. The molecule has 0 unspecified atom stereocenters. The number of sulfone groups is 1. The van der Waals surface area contributed by atoms with Crippen LogP contribution in [0.4, 0.5) is 0 Å². The van der Waals surface area contributed by atoms with Crippen LogP contribution in [0.3, 0.4) is 0 Å². The first-order chi connectivity index (χ1) is 7.16. The molecule has 3 nitrogen and oxygen atoms in total. The largest absolute Gasteiger partial charge is 0.357 e. The zero-order valence-corrected chi connectivity index (χ0v) is 8.71. The second-order valence-electron chi connectivity index (χ2n) is 3.67. The molecule has 4 heteroatoms. The predicted octanol–water partition coefficient (Wildman–Crippen LogP) is 2.07. The van der Waals surface area contributed by atoms with E-state index in [2.05, 4.69) is 4.98 Å². The van der Waals surface area contributed by atoms with Gasteiger partial charge in [0.2, 0.25) is 0 Å². The van der Waals surface area contributed by atoms with Crippen molar-refractivity contribution in [3.05, 3.63) is 40.9 Å². The molecule has 0 saturated carbocycles. The molecule has 0 amide bonds. The normalized spacial score (nSPS) is 17.9. The van der Waals surface area contributed by atoms with Gasteiger partial charge in [0.1, 0.15) is 0 Å². The molecule has 0 saturated heterocycles. The molecule has 0 spiro atoms. The third-order valence-corrected chi connectivity index (χ3v) is 3.86. The molecular weight excluding hydrogens is 210 g/mol. The number of hydrogen-bond donors (Lipinski definition) is 1. The molecule has 0 aliphatic carbocycles. The fourth-order valence-electron chi connectivity index (χ4n) is 1.94. The number of benzene rings is 1. The lowest BCUT2D eigenvalue weighted by atomic mass is 10.1. The highest BCUT2D eigenvalue weighted by Gasteiger charge is 2.19. The number of aromatic nitrogens is 1. The van der Waals surface area contributed by atoms with Crippen LogP contribution in [0, 0.1) is 0 Å². The Morgan fingerprint density at radius 2 is 2.00 bits per heavy atom. The molecule has 1 aromatic carbocycles. The summed E-state index contributed by atoms with van der Waals surface area (Å²) in [6, 6.07) is 7.83. The monoisotopic (exact) mass is 219 g/mol. The van der Waals surface area contributed by atoms with Gasteiger partial charge in [0, 0.05) is 27.6 Å². The highest BCUT2D eigenvalue weighted by Crippen LogP contribution is 2.28. The molecule has 0 fully saturated rings. The van der Waals surface area contributed by atoms with Crippen LogP contribution in [0.5, 0.6) is 0 Å². The van der Waals surface area contributed by atoms with Crippen molar-refractivity contribution in [2.45, 2.75) is 5.75 Å². The molecule has 0 bridgehead atoms. The maximum absolute atomic E-state index is 11.4. The van der Waals surface area contributed by atoms with E-state index in [9.17, 15) is 8.42 Å². The zero-order chi connectivity index (χ0) is 10.5. The smallest absolute Gasteiger partial charge is 0.177 e. The van der Waals surface area contributed by atoms with Crippen LogP contribution in [-0.2, 0) is 15.6 Å². The van der Waals surface area contributed by atoms with Gasteiger partial charge in [-0.1, -0.05) is 18.2 Å². The minimum Gasteiger partial charge on any atom is -0.357 e. The highest BCUT2D eigenvalue weighted by atomic mass is 32.2. The number of H-pyrrole nitrogens is 1.